The molecule has 29 heavy (non-hydrogen) atoms. The van der Waals surface area contributed by atoms with E-state index in [4.69, 9.17) is 4.99 Å². The molecule has 3 aliphatic rings. The average Bonchev–Trinajstić information content (AvgIpc) is 2.91. The minimum absolute atomic E-state index is 0.0369. The normalized spacial score (nSPS) is 25.9. The van der Waals surface area contributed by atoms with Crippen LogP contribution >= 0.6 is 0 Å². The lowest BCUT2D eigenvalue weighted by Gasteiger charge is -2.46. The van der Waals surface area contributed by atoms with Gasteiger partial charge in [-0.3, -0.25) is 4.99 Å². The van der Waals surface area contributed by atoms with Gasteiger partial charge in [0, 0.05) is 5.41 Å². The van der Waals surface area contributed by atoms with Crippen molar-refractivity contribution in [1.29, 1.82) is 0 Å². The molecule has 156 valence electrons. The van der Waals surface area contributed by atoms with Gasteiger partial charge in [0.2, 0.25) is 0 Å². The van der Waals surface area contributed by atoms with Gasteiger partial charge in [-0.1, -0.05) is 85.8 Å². The number of hydrogen-bond acceptors (Lipinski definition) is 1. The van der Waals surface area contributed by atoms with E-state index in [2.05, 4.69) is 85.8 Å². The van der Waals surface area contributed by atoms with Crippen LogP contribution in [0.4, 0.5) is 5.69 Å². The van der Waals surface area contributed by atoms with Crippen molar-refractivity contribution < 1.29 is 0 Å². The molecule has 4 rings (SSSR count). The molecule has 0 radical (unpaired) electrons. The molecule has 1 aromatic rings. The fraction of sp³-hybridized carbons (Fsp3) is 0.607. The van der Waals surface area contributed by atoms with E-state index >= 15 is 0 Å². The van der Waals surface area contributed by atoms with Gasteiger partial charge in [0.15, 0.2) is 0 Å². The summed E-state index contributed by atoms with van der Waals surface area (Å²) in [5.74, 6) is 0.981. The van der Waals surface area contributed by atoms with Crippen molar-refractivity contribution in [3.8, 4) is 0 Å². The van der Waals surface area contributed by atoms with E-state index in [0.29, 0.717) is 11.8 Å². The van der Waals surface area contributed by atoms with Gasteiger partial charge in [0.25, 0.3) is 0 Å². The molecule has 2 aliphatic carbocycles. The molecule has 1 heteroatoms. The van der Waals surface area contributed by atoms with Crippen molar-refractivity contribution in [2.45, 2.75) is 86.5 Å². The fourth-order valence-electron chi connectivity index (χ4n) is 5.95. The third-order valence-corrected chi connectivity index (χ3v) is 7.49. The Hall–Kier alpha value is -1.63. The van der Waals surface area contributed by atoms with Crippen LogP contribution in [0, 0.1) is 22.7 Å². The van der Waals surface area contributed by atoms with Gasteiger partial charge in [-0.2, -0.15) is 0 Å². The van der Waals surface area contributed by atoms with Crippen LogP contribution < -0.4 is 0 Å². The summed E-state index contributed by atoms with van der Waals surface area (Å²) in [5.41, 5.74) is 8.95. The van der Waals surface area contributed by atoms with E-state index in [-0.39, 0.29) is 16.2 Å². The van der Waals surface area contributed by atoms with E-state index in [1.54, 1.807) is 0 Å². The zero-order chi connectivity index (χ0) is 21.2. The Bertz CT molecular complexity index is 909. The quantitative estimate of drug-likeness (QED) is 0.465. The summed E-state index contributed by atoms with van der Waals surface area (Å²) in [7, 11) is 0. The standard InChI is InChI=1S/C28H39N/c1-26(2,3)21-15-11-14-20(23(21)27(4,5)6)25-28(7,8)22-17-16-18-12-9-10-13-19(18)24(22)29-25/h11,14-17,21,23H,9-10,12-13H2,1-8H3/t21-,23-/m1/s1. The minimum atomic E-state index is -0.0369. The second kappa shape index (κ2) is 6.69. The molecule has 0 fully saturated rings. The van der Waals surface area contributed by atoms with Crippen LogP contribution in [-0.2, 0) is 18.3 Å². The summed E-state index contributed by atoms with van der Waals surface area (Å²) in [6, 6.07) is 4.77. The highest BCUT2D eigenvalue weighted by atomic mass is 14.8. The van der Waals surface area contributed by atoms with Crippen molar-refractivity contribution in [2.24, 2.45) is 27.7 Å². The Kier molecular flexibility index (Phi) is 4.76. The molecule has 1 aromatic carbocycles. The van der Waals surface area contributed by atoms with Crippen LogP contribution in [0.1, 0.15) is 84.9 Å². The lowest BCUT2D eigenvalue weighted by Crippen LogP contribution is -2.42. The van der Waals surface area contributed by atoms with Crippen molar-refractivity contribution in [1.82, 2.24) is 0 Å². The Balaban J connectivity index is 1.86. The van der Waals surface area contributed by atoms with Crippen LogP contribution in [0.2, 0.25) is 0 Å². The minimum Gasteiger partial charge on any atom is -0.252 e. The third-order valence-electron chi connectivity index (χ3n) is 7.49. The topological polar surface area (TPSA) is 12.4 Å². The lowest BCUT2D eigenvalue weighted by atomic mass is 9.58. The summed E-state index contributed by atoms with van der Waals surface area (Å²) in [4.78, 5) is 5.44. The second-order valence-corrected chi connectivity index (χ2v) is 12.1. The highest BCUT2D eigenvalue weighted by molar-refractivity contribution is 6.13. The van der Waals surface area contributed by atoms with Gasteiger partial charge in [0.1, 0.15) is 0 Å². The first-order valence-corrected chi connectivity index (χ1v) is 11.6. The first-order chi connectivity index (χ1) is 13.4. The summed E-state index contributed by atoms with van der Waals surface area (Å²) < 4.78 is 0. The molecule has 0 spiro atoms. The molecule has 0 N–H and O–H groups in total. The fourth-order valence-corrected chi connectivity index (χ4v) is 5.95. The number of fused-ring (bicyclic) bond motifs is 3. The first-order valence-electron chi connectivity index (χ1n) is 11.6. The zero-order valence-corrected chi connectivity index (χ0v) is 19.8. The Labute approximate surface area is 178 Å². The average molecular weight is 390 g/mol. The number of rotatable bonds is 1. The number of benzene rings is 1. The highest BCUT2D eigenvalue weighted by Crippen LogP contribution is 2.53. The number of allylic oxidation sites excluding steroid dienone is 4. The number of hydrogen-bond donors (Lipinski definition) is 0. The Morgan fingerprint density at radius 2 is 1.62 bits per heavy atom. The summed E-state index contributed by atoms with van der Waals surface area (Å²) in [6.07, 6.45) is 12.1. The summed E-state index contributed by atoms with van der Waals surface area (Å²) in [5, 5.41) is 0. The molecule has 1 aliphatic heterocycles. The van der Waals surface area contributed by atoms with Gasteiger partial charge in [-0.15, -0.1) is 0 Å². The smallest absolute Gasteiger partial charge is 0.0709 e. The van der Waals surface area contributed by atoms with Gasteiger partial charge in [0.05, 0.1) is 11.4 Å². The predicted octanol–water partition coefficient (Wildman–Crippen LogP) is 7.75. The summed E-state index contributed by atoms with van der Waals surface area (Å²) in [6.45, 7) is 19.1. The molecule has 0 bridgehead atoms. The molecule has 1 nitrogen and oxygen atoms in total. The lowest BCUT2D eigenvalue weighted by molar-refractivity contribution is 0.136. The first kappa shape index (κ1) is 20.6. The van der Waals surface area contributed by atoms with Crippen LogP contribution in [0.5, 0.6) is 0 Å². The van der Waals surface area contributed by atoms with E-state index in [1.807, 2.05) is 0 Å². The molecule has 1 heterocycles. The Morgan fingerprint density at radius 3 is 2.28 bits per heavy atom. The van der Waals surface area contributed by atoms with Gasteiger partial charge < -0.3 is 0 Å². The van der Waals surface area contributed by atoms with Crippen molar-refractivity contribution in [3.63, 3.8) is 0 Å². The number of nitrogens with zero attached hydrogens (tertiary/aromatic N) is 1. The van der Waals surface area contributed by atoms with E-state index in [1.165, 1.54) is 59.3 Å². The monoisotopic (exact) mass is 389 g/mol. The van der Waals surface area contributed by atoms with E-state index in [0.717, 1.165) is 0 Å². The van der Waals surface area contributed by atoms with Crippen LogP contribution in [0.15, 0.2) is 40.9 Å². The largest absolute Gasteiger partial charge is 0.252 e. The van der Waals surface area contributed by atoms with Crippen LogP contribution in [0.25, 0.3) is 0 Å². The second-order valence-electron chi connectivity index (χ2n) is 12.1. The van der Waals surface area contributed by atoms with E-state index in [9.17, 15) is 0 Å². The maximum Gasteiger partial charge on any atom is 0.0709 e. The van der Waals surface area contributed by atoms with Crippen LogP contribution in [-0.4, -0.2) is 5.71 Å². The predicted molar refractivity (Wildman–Crippen MR) is 126 cm³/mol. The molecule has 0 unspecified atom stereocenters. The molecule has 0 amide bonds. The Morgan fingerprint density at radius 1 is 0.931 bits per heavy atom. The summed E-state index contributed by atoms with van der Waals surface area (Å²) >= 11 is 0. The van der Waals surface area contributed by atoms with Crippen LogP contribution in [0.3, 0.4) is 0 Å². The van der Waals surface area contributed by atoms with Gasteiger partial charge in [-0.05, 0) is 70.6 Å². The van der Waals surface area contributed by atoms with Crippen molar-refractivity contribution in [3.05, 3.63) is 52.6 Å². The third kappa shape index (κ3) is 3.35. The maximum atomic E-state index is 5.44. The molecular weight excluding hydrogens is 350 g/mol. The maximum absolute atomic E-state index is 5.44. The van der Waals surface area contributed by atoms with Gasteiger partial charge in [-0.25, -0.2) is 0 Å². The van der Waals surface area contributed by atoms with E-state index < -0.39 is 0 Å². The van der Waals surface area contributed by atoms with Crippen molar-refractivity contribution in [2.75, 3.05) is 0 Å². The van der Waals surface area contributed by atoms with Crippen molar-refractivity contribution >= 4 is 11.4 Å². The molecule has 0 saturated heterocycles. The zero-order valence-electron chi connectivity index (χ0n) is 19.8. The number of aryl methyl sites for hydroxylation is 1. The highest BCUT2D eigenvalue weighted by Gasteiger charge is 2.46. The SMILES string of the molecule is CC1(C)C(C2=CC=C[C@@H](C(C)(C)C)[C@@H]2C(C)(C)C)=Nc2c1ccc1c2CCCC1. The molecule has 2 atom stereocenters. The van der Waals surface area contributed by atoms with Gasteiger partial charge >= 0.3 is 0 Å². The molecule has 0 saturated carbocycles. The number of aliphatic imine (C=N–C) groups is 1. The molecular formula is C28H39N. The molecule has 0 aromatic heterocycles.